The molecule has 6 N–H and O–H groups in total. The van der Waals surface area contributed by atoms with Gasteiger partial charge in [-0.2, -0.15) is 0 Å². The fraction of sp³-hybridized carbons (Fsp3) is 0.400. The molecular formula is C10H17N5. The summed E-state index contributed by atoms with van der Waals surface area (Å²) in [4.78, 5) is 4.31. The predicted molar refractivity (Wildman–Crippen MR) is 62.5 cm³/mol. The van der Waals surface area contributed by atoms with Gasteiger partial charge >= 0.3 is 0 Å². The van der Waals surface area contributed by atoms with E-state index in [-0.39, 0.29) is 23.4 Å². The van der Waals surface area contributed by atoms with E-state index in [0.29, 0.717) is 0 Å². The van der Waals surface area contributed by atoms with Gasteiger partial charge in [-0.15, -0.1) is 0 Å². The zero-order valence-electron chi connectivity index (χ0n) is 8.99. The maximum Gasteiger partial charge on any atom is 0.196 e. The molecule has 0 bridgehead atoms. The van der Waals surface area contributed by atoms with Crippen molar-refractivity contribution in [3.63, 3.8) is 0 Å². The van der Waals surface area contributed by atoms with Crippen LogP contribution in [-0.2, 0) is 0 Å². The molecule has 0 saturated heterocycles. The number of nitrogens with zero attached hydrogens (tertiary/aromatic N) is 1. The fourth-order valence-corrected chi connectivity index (χ4v) is 1.39. The Morgan fingerprint density at radius 2 is 2.13 bits per heavy atom. The Kier molecular flexibility index (Phi) is 3.14. The maximum absolute atomic E-state index is 7.03. The van der Waals surface area contributed by atoms with Crippen LogP contribution in [0.3, 0.4) is 0 Å². The molecule has 1 aliphatic rings. The summed E-state index contributed by atoms with van der Waals surface area (Å²) >= 11 is 0. The van der Waals surface area contributed by atoms with Crippen LogP contribution in [0.2, 0.25) is 0 Å². The second kappa shape index (κ2) is 4.16. The van der Waals surface area contributed by atoms with E-state index in [0.717, 1.165) is 0 Å². The third-order valence-electron chi connectivity index (χ3n) is 2.49. The van der Waals surface area contributed by atoms with Gasteiger partial charge in [-0.1, -0.05) is 31.2 Å². The van der Waals surface area contributed by atoms with Crippen LogP contribution in [0.1, 0.15) is 13.8 Å². The Balaban J connectivity index is 2.83. The van der Waals surface area contributed by atoms with Crippen LogP contribution < -0.4 is 16.8 Å². The lowest BCUT2D eigenvalue weighted by atomic mass is 9.84. The molecule has 0 aliphatic heterocycles. The minimum atomic E-state index is -0.374. The smallest absolute Gasteiger partial charge is 0.196 e. The predicted octanol–water partition coefficient (Wildman–Crippen LogP) is 0.305. The molecule has 1 aliphatic carbocycles. The summed E-state index contributed by atoms with van der Waals surface area (Å²) in [5, 5.41) is 9.50. The first-order chi connectivity index (χ1) is 6.94. The van der Waals surface area contributed by atoms with Gasteiger partial charge in [0.1, 0.15) is 0 Å². The Morgan fingerprint density at radius 3 is 2.67 bits per heavy atom. The van der Waals surface area contributed by atoms with E-state index >= 15 is 0 Å². The van der Waals surface area contributed by atoms with E-state index in [4.69, 9.17) is 16.9 Å². The number of allylic oxidation sites excluding steroid dienone is 2. The molecule has 0 amide bonds. The number of guanidine groups is 2. The monoisotopic (exact) mass is 207 g/mol. The van der Waals surface area contributed by atoms with Crippen molar-refractivity contribution in [2.24, 2.45) is 22.4 Å². The largest absolute Gasteiger partial charge is 0.370 e. The fourth-order valence-electron chi connectivity index (χ4n) is 1.39. The molecule has 82 valence electrons. The highest BCUT2D eigenvalue weighted by molar-refractivity contribution is 5.95. The average Bonchev–Trinajstić information content (AvgIpc) is 2.08. The molecule has 0 aromatic carbocycles. The molecule has 0 spiro atoms. The number of hydrogen-bond acceptors (Lipinski definition) is 2. The first-order valence-electron chi connectivity index (χ1n) is 4.76. The van der Waals surface area contributed by atoms with Crippen molar-refractivity contribution in [1.82, 2.24) is 5.32 Å². The molecular weight excluding hydrogens is 190 g/mol. The molecule has 2 unspecified atom stereocenters. The van der Waals surface area contributed by atoms with Crippen LogP contribution in [0, 0.1) is 11.3 Å². The number of hydrogen-bond donors (Lipinski definition) is 4. The lowest BCUT2D eigenvalue weighted by Gasteiger charge is -2.29. The van der Waals surface area contributed by atoms with Gasteiger partial charge in [0, 0.05) is 5.92 Å². The molecule has 2 atom stereocenters. The van der Waals surface area contributed by atoms with Crippen LogP contribution in [0.15, 0.2) is 29.3 Å². The third kappa shape index (κ3) is 2.83. The van der Waals surface area contributed by atoms with Crippen molar-refractivity contribution in [1.29, 1.82) is 5.41 Å². The number of rotatable bonds is 1. The van der Waals surface area contributed by atoms with E-state index in [1.165, 1.54) is 0 Å². The van der Waals surface area contributed by atoms with Crippen LogP contribution in [0.4, 0.5) is 0 Å². The number of aliphatic imine (C=N–C) groups is 1. The van der Waals surface area contributed by atoms with Gasteiger partial charge in [-0.3, -0.25) is 10.7 Å². The summed E-state index contributed by atoms with van der Waals surface area (Å²) in [6.07, 6.45) is 7.96. The second-order valence-electron chi connectivity index (χ2n) is 3.79. The molecule has 5 nitrogen and oxygen atoms in total. The third-order valence-corrected chi connectivity index (χ3v) is 2.49. The van der Waals surface area contributed by atoms with E-state index in [9.17, 15) is 0 Å². The molecule has 0 radical (unpaired) electrons. The number of nitrogens with one attached hydrogen (secondary N) is 2. The summed E-state index contributed by atoms with van der Waals surface area (Å²) in [5.74, 6) is 0.217. The second-order valence-corrected chi connectivity index (χ2v) is 3.79. The van der Waals surface area contributed by atoms with Gasteiger partial charge in [0.05, 0.1) is 5.54 Å². The van der Waals surface area contributed by atoms with Crippen molar-refractivity contribution in [2.45, 2.75) is 19.4 Å². The van der Waals surface area contributed by atoms with E-state index in [2.05, 4.69) is 23.3 Å². The molecule has 5 heteroatoms. The van der Waals surface area contributed by atoms with Gasteiger partial charge in [0.2, 0.25) is 0 Å². The summed E-state index contributed by atoms with van der Waals surface area (Å²) < 4.78 is 0. The summed E-state index contributed by atoms with van der Waals surface area (Å²) in [7, 11) is 0. The van der Waals surface area contributed by atoms with Crippen molar-refractivity contribution in [2.75, 3.05) is 0 Å². The van der Waals surface area contributed by atoms with Gasteiger partial charge < -0.3 is 11.5 Å². The highest BCUT2D eigenvalue weighted by atomic mass is 15.2. The highest BCUT2D eigenvalue weighted by Gasteiger charge is 2.27. The van der Waals surface area contributed by atoms with Gasteiger partial charge in [-0.05, 0) is 6.92 Å². The highest BCUT2D eigenvalue weighted by Crippen LogP contribution is 2.27. The standard InChI is InChI=1S/C10H17N5/c1-7-5-3-4-6-10(7,2)15-9(13)14-8(11)12/h3-7H,1-2H3,(H6,11,12,13,14,15). The van der Waals surface area contributed by atoms with Crippen molar-refractivity contribution in [3.8, 4) is 0 Å². The quantitative estimate of drug-likeness (QED) is 0.367. The normalized spacial score (nSPS) is 30.3. The lowest BCUT2D eigenvalue weighted by molar-refractivity contribution is 0.457. The maximum atomic E-state index is 7.03. The Morgan fingerprint density at radius 1 is 1.47 bits per heavy atom. The van der Waals surface area contributed by atoms with E-state index in [1.54, 1.807) is 0 Å². The molecule has 0 aromatic rings. The first kappa shape index (κ1) is 11.3. The van der Waals surface area contributed by atoms with Gasteiger partial charge in [0.15, 0.2) is 11.9 Å². The van der Waals surface area contributed by atoms with E-state index < -0.39 is 0 Å². The Hall–Kier alpha value is -1.78. The van der Waals surface area contributed by atoms with Crippen LogP contribution in [0.25, 0.3) is 0 Å². The molecule has 0 aromatic heterocycles. The van der Waals surface area contributed by atoms with Gasteiger partial charge in [-0.25, -0.2) is 4.99 Å². The van der Waals surface area contributed by atoms with Crippen molar-refractivity contribution < 1.29 is 0 Å². The van der Waals surface area contributed by atoms with Crippen LogP contribution in [-0.4, -0.2) is 17.5 Å². The minimum Gasteiger partial charge on any atom is -0.370 e. The minimum absolute atomic E-state index is 0.164. The lowest BCUT2D eigenvalue weighted by Crippen LogP contribution is -2.43. The zero-order valence-corrected chi connectivity index (χ0v) is 8.99. The molecule has 0 saturated carbocycles. The molecule has 1 rings (SSSR count). The van der Waals surface area contributed by atoms with Crippen LogP contribution >= 0.6 is 0 Å². The summed E-state index contributed by atoms with van der Waals surface area (Å²) in [6.45, 7) is 4.04. The zero-order chi connectivity index (χ0) is 11.5. The molecule has 15 heavy (non-hydrogen) atoms. The number of nitrogens with two attached hydrogens (primary N) is 2. The van der Waals surface area contributed by atoms with Crippen LogP contribution in [0.5, 0.6) is 0 Å². The van der Waals surface area contributed by atoms with Gasteiger partial charge in [0.25, 0.3) is 0 Å². The SMILES string of the molecule is CC1C=CC=CC1(C)N=C(N)NC(=N)N. The van der Waals surface area contributed by atoms with Crippen molar-refractivity contribution >= 4 is 11.9 Å². The Bertz CT molecular complexity index is 342. The summed E-state index contributed by atoms with van der Waals surface area (Å²) in [6, 6.07) is 0. The van der Waals surface area contributed by atoms with E-state index in [1.807, 2.05) is 25.2 Å². The Labute approximate surface area is 89.4 Å². The topological polar surface area (TPSA) is 100 Å². The first-order valence-corrected chi connectivity index (χ1v) is 4.76. The molecule has 0 heterocycles. The molecule has 0 fully saturated rings. The van der Waals surface area contributed by atoms with Crippen molar-refractivity contribution in [3.05, 3.63) is 24.3 Å². The summed E-state index contributed by atoms with van der Waals surface area (Å²) in [5.41, 5.74) is 10.4. The average molecular weight is 207 g/mol.